The van der Waals surface area contributed by atoms with E-state index in [1.165, 1.54) is 21.8 Å². The minimum atomic E-state index is -1.02. The molecule has 12 amide bonds. The van der Waals surface area contributed by atoms with E-state index in [9.17, 15) is 67.1 Å². The van der Waals surface area contributed by atoms with Crippen molar-refractivity contribution in [1.29, 1.82) is 0 Å². The molecule has 36 heteroatoms. The largest absolute Gasteiger partial charge is 0.493 e. The Morgan fingerprint density at radius 2 is 1.21 bits per heavy atom. The lowest BCUT2D eigenvalue weighted by atomic mass is 9.85. The quantitative estimate of drug-likeness (QED) is 0.0206. The van der Waals surface area contributed by atoms with Crippen molar-refractivity contribution in [2.24, 2.45) is 34.6 Å². The van der Waals surface area contributed by atoms with Crippen molar-refractivity contribution >= 4 is 124 Å². The third-order valence-electron chi connectivity index (χ3n) is 23.6. The lowest BCUT2D eigenvalue weighted by Gasteiger charge is -2.33. The number of methoxy groups -OCH3 is 1. The third kappa shape index (κ3) is 36.8. The fourth-order valence-electron chi connectivity index (χ4n) is 15.8. The van der Waals surface area contributed by atoms with Crippen molar-refractivity contribution in [1.82, 2.24) is 56.4 Å². The summed E-state index contributed by atoms with van der Waals surface area (Å²) in [4.78, 5) is 202. The van der Waals surface area contributed by atoms with Crippen LogP contribution in [0.4, 0.5) is 11.4 Å². The number of amides is 12. The predicted molar refractivity (Wildman–Crippen MR) is 506 cm³/mol. The Morgan fingerprint density at radius 1 is 0.611 bits per heavy atom. The van der Waals surface area contributed by atoms with E-state index in [1.807, 2.05) is 41.5 Å². The number of unbranched alkanes of at least 4 members (excludes halogenated alkanes) is 3. The van der Waals surface area contributed by atoms with Gasteiger partial charge in [0, 0.05) is 159 Å². The normalized spacial score (nSPS) is 16.5. The van der Waals surface area contributed by atoms with Gasteiger partial charge in [0.15, 0.2) is 23.1 Å². The number of ketones is 2. The van der Waals surface area contributed by atoms with E-state index in [-0.39, 0.29) is 255 Å². The summed E-state index contributed by atoms with van der Waals surface area (Å²) < 4.78 is 40.7. The first-order valence-corrected chi connectivity index (χ1v) is 48.6. The molecule has 3 fully saturated rings. The fraction of sp³-hybridized carbons (Fsp3) is 0.674. The second-order valence-electron chi connectivity index (χ2n) is 35.3. The van der Waals surface area contributed by atoms with Gasteiger partial charge in [-0.25, -0.2) is 0 Å². The minimum Gasteiger partial charge on any atom is -0.493 e. The first kappa shape index (κ1) is 110. The molecule has 0 radical (unpaired) electrons. The van der Waals surface area contributed by atoms with Gasteiger partial charge in [0.2, 0.25) is 59.1 Å². The average Bonchev–Trinajstić information content (AvgIpc) is 1.63. The van der Waals surface area contributed by atoms with Gasteiger partial charge in [-0.15, -0.1) is 23.5 Å². The minimum absolute atomic E-state index is 0.00212. The maximum absolute atomic E-state index is 14.4. The van der Waals surface area contributed by atoms with Crippen LogP contribution in [0, 0.1) is 36.5 Å². The Hall–Kier alpha value is -9.49. The van der Waals surface area contributed by atoms with Crippen LogP contribution in [0.1, 0.15) is 205 Å². The summed E-state index contributed by atoms with van der Waals surface area (Å²) in [5, 5.41) is 17.3. The van der Waals surface area contributed by atoms with Gasteiger partial charge in [-0.1, -0.05) is 86.1 Å². The molecule has 0 spiro atoms. The molecule has 131 heavy (non-hydrogen) atoms. The first-order chi connectivity index (χ1) is 62.5. The number of likely N-dealkylation sites (N-methyl/N-ethyl adjacent to an activating group) is 1. The Labute approximate surface area is 782 Å². The molecule has 4 heterocycles. The molecule has 1 unspecified atom stereocenters. The highest BCUT2D eigenvalue weighted by atomic mass is 32.2. The maximum atomic E-state index is 14.4. The molecule has 4 aliphatic heterocycles. The molecular weight excluding hydrogens is 1720 g/mol. The molecular formula is C95H147N13O21S2. The fourth-order valence-corrected chi connectivity index (χ4v) is 18.5. The maximum Gasteiger partial charge on any atom is 0.256 e. The number of hydrogen-bond acceptors (Lipinski definition) is 24. The second kappa shape index (κ2) is 57.8. The van der Waals surface area contributed by atoms with E-state index >= 15 is 0 Å². The van der Waals surface area contributed by atoms with Crippen LogP contribution < -0.4 is 51.0 Å². The van der Waals surface area contributed by atoms with E-state index < -0.39 is 48.3 Å². The molecule has 8 atom stereocenters. The number of benzene rings is 2. The lowest BCUT2D eigenvalue weighted by Crippen LogP contribution is -2.52. The number of ether oxygens (including phenoxy) is 7. The van der Waals surface area contributed by atoms with Crippen molar-refractivity contribution in [3.8, 4) is 17.2 Å². The molecule has 6 N–H and O–H groups in total. The van der Waals surface area contributed by atoms with Gasteiger partial charge in [0.25, 0.3) is 11.8 Å². The number of hydrogen-bond donors (Lipinski definition) is 6. The van der Waals surface area contributed by atoms with Crippen molar-refractivity contribution < 1.29 is 100 Å². The van der Waals surface area contributed by atoms with Crippen LogP contribution in [0.25, 0.3) is 0 Å². The number of aliphatic imine (C=N–C) groups is 1. The Morgan fingerprint density at radius 3 is 1.79 bits per heavy atom. The highest BCUT2D eigenvalue weighted by Crippen LogP contribution is 2.41. The van der Waals surface area contributed by atoms with Gasteiger partial charge in [-0.3, -0.25) is 72.1 Å². The topological polar surface area (TPSA) is 408 Å². The lowest BCUT2D eigenvalue weighted by molar-refractivity contribution is -0.143. The van der Waals surface area contributed by atoms with Crippen molar-refractivity contribution in [2.45, 2.75) is 221 Å². The van der Waals surface area contributed by atoms with Gasteiger partial charge in [0.05, 0.1) is 126 Å². The Bertz CT molecular complexity index is 4200. The third-order valence-corrected chi connectivity index (χ3v) is 26.4. The van der Waals surface area contributed by atoms with Gasteiger partial charge in [-0.05, 0) is 120 Å². The van der Waals surface area contributed by atoms with Crippen LogP contribution >= 0.6 is 23.5 Å². The number of fused-ring (bicyclic) bond motifs is 2. The summed E-state index contributed by atoms with van der Waals surface area (Å²) in [5.41, 5.74) is 4.07. The van der Waals surface area contributed by atoms with Crippen LogP contribution in [0.5, 0.6) is 17.2 Å². The molecule has 0 bridgehead atoms. The number of aryl methyl sites for hydroxylation is 1. The van der Waals surface area contributed by atoms with Gasteiger partial charge < -0.3 is 94.5 Å². The molecule has 0 saturated carbocycles. The summed E-state index contributed by atoms with van der Waals surface area (Å²) in [7, 11) is 4.86. The zero-order valence-electron chi connectivity index (χ0n) is 79.9. The first-order valence-electron chi connectivity index (χ1n) is 46.3. The molecule has 730 valence electrons. The van der Waals surface area contributed by atoms with Gasteiger partial charge >= 0.3 is 0 Å². The number of carbonyl (C=O) groups excluding carboxylic acids is 14. The number of anilines is 1. The summed E-state index contributed by atoms with van der Waals surface area (Å²) in [6.07, 6.45) is 5.55. The number of Topliss-reactive ketones (excluding diaryl/α,β-unsaturated/α-hetero) is 2. The SMILES string of the molecule is C=Nc1cc(OCCCCCOc2cc3c(cc2OC)C(=O)N2CC(=C)C[C@H]2CN3C(=O)CNC(=O)[C@@H](NC(=O)CCOCCOCCNC(=O)CCN(CCC(=O)NCCOCCOCCC(=O)N[C@@H](C)C(=O)CCCCC(=O)N(C)[C@H](C(=O)C[C@H](C(=O)N(C)C[C@@H](C)CC)C(C)C)C(C)C)C(=O)CCCNC(=O)C2CSCS2)C(C)C)c(C)cc1C(=O)N1CC(=C)C[C@H]1C. The molecule has 0 aromatic heterocycles. The molecule has 2 aromatic rings. The second-order valence-corrected chi connectivity index (χ2v) is 37.9. The number of carbonyl (C=O) groups is 14. The number of nitrogens with one attached hydrogen (secondary N) is 6. The number of thioether (sulfide) groups is 2. The van der Waals surface area contributed by atoms with Crippen LogP contribution in [-0.4, -0.2) is 313 Å². The summed E-state index contributed by atoms with van der Waals surface area (Å²) in [6, 6.07) is 3.92. The van der Waals surface area contributed by atoms with Crippen molar-refractivity contribution in [3.05, 3.63) is 65.3 Å². The number of rotatable bonds is 62. The zero-order chi connectivity index (χ0) is 96.4. The monoisotopic (exact) mass is 1870 g/mol. The Kier molecular flexibility index (Phi) is 48.7. The van der Waals surface area contributed by atoms with E-state index in [4.69, 9.17) is 33.2 Å². The highest BCUT2D eigenvalue weighted by molar-refractivity contribution is 8.19. The molecule has 3 saturated heterocycles. The highest BCUT2D eigenvalue weighted by Gasteiger charge is 2.42. The predicted octanol–water partition coefficient (Wildman–Crippen LogP) is 8.37. The van der Waals surface area contributed by atoms with Crippen LogP contribution in [-0.2, 0) is 76.5 Å². The summed E-state index contributed by atoms with van der Waals surface area (Å²) in [6.45, 7) is 36.0. The molecule has 4 aliphatic rings. The van der Waals surface area contributed by atoms with E-state index in [0.29, 0.717) is 105 Å². The molecule has 2 aromatic carbocycles. The van der Waals surface area contributed by atoms with Gasteiger partial charge in [0.1, 0.15) is 11.8 Å². The standard InChI is InChI=1S/C95H147N13O21S2/c1-18-64(8)55-103(15)93(120)71(61(2)3)50-77(110)90(63(6)7)104(16)86(115)26-21-20-25-76(109)69(13)101-84(113)30-39-124-43-45-126-41-33-97-82(111)28-35-105(87(116)27-24-32-99-91(118)81-59-130-60-131-81)36-29-83(112)98-34-42-127-46-44-125-40-31-85(114)102-89(62(4)5)92(119)100-54-88(117)108-58-70-48-66(10)57-107(70)95(122)73-51-79(123-17)80(53-75(73)108)129-38-23-19-22-37-128-78-52-74(96-14)72(49-67(78)11)94(121)106-56-65(9)47-68(106)12/h49,51-53,61-64,68-71,81,89-90H,9-10,14,18-48,50,54-60H2,1-8,11-13,15-17H3,(H,97,111)(H,98,112)(H,99,118)(H,100,119)(H,101,113)(H,102,114)/t64-,68+,69-,70-,71-,81?,89-,90-/m0/s1. The van der Waals surface area contributed by atoms with Crippen LogP contribution in [0.15, 0.2) is 53.6 Å². The summed E-state index contributed by atoms with van der Waals surface area (Å²) in [5.74, 6) is -2.91. The molecule has 6 rings (SSSR count). The number of likely N-dealkylation sites (tertiary alicyclic amines) is 1. The van der Waals surface area contributed by atoms with Crippen molar-refractivity contribution in [3.63, 3.8) is 0 Å². The average molecular weight is 1870 g/mol. The van der Waals surface area contributed by atoms with E-state index in [1.54, 1.807) is 97.4 Å². The summed E-state index contributed by atoms with van der Waals surface area (Å²) >= 11 is 3.27. The molecule has 34 nitrogen and oxygen atoms in total. The van der Waals surface area contributed by atoms with Crippen LogP contribution in [0.3, 0.4) is 0 Å². The Balaban J connectivity index is 0.837. The van der Waals surface area contributed by atoms with Crippen molar-refractivity contribution in [2.75, 3.05) is 168 Å². The van der Waals surface area contributed by atoms with E-state index in [2.05, 4.69) is 70.6 Å². The molecule has 0 aliphatic carbocycles. The van der Waals surface area contributed by atoms with E-state index in [0.717, 1.165) is 46.8 Å². The van der Waals surface area contributed by atoms with Gasteiger partial charge in [-0.2, -0.15) is 0 Å². The van der Waals surface area contributed by atoms with Crippen LogP contribution in [0.2, 0.25) is 0 Å². The zero-order valence-corrected chi connectivity index (χ0v) is 81.5. The smallest absolute Gasteiger partial charge is 0.256 e. The number of nitrogens with zero attached hydrogens (tertiary/aromatic N) is 7.